The van der Waals surface area contributed by atoms with E-state index in [0.29, 0.717) is 0 Å². The van der Waals surface area contributed by atoms with Gasteiger partial charge in [-0.3, -0.25) is 4.79 Å². The summed E-state index contributed by atoms with van der Waals surface area (Å²) in [6, 6.07) is 0. The summed E-state index contributed by atoms with van der Waals surface area (Å²) in [5, 5.41) is 3.72. The van der Waals surface area contributed by atoms with Crippen molar-refractivity contribution in [1.82, 2.24) is 5.43 Å². The van der Waals surface area contributed by atoms with Crippen LogP contribution in [0.1, 0.15) is 6.42 Å². The van der Waals surface area contributed by atoms with Crippen LogP contribution in [0.2, 0.25) is 0 Å². The Hall–Kier alpha value is -1.38. The molecule has 1 aliphatic heterocycles. The van der Waals surface area contributed by atoms with Crippen molar-refractivity contribution in [3.05, 3.63) is 23.8 Å². The van der Waals surface area contributed by atoms with Crippen molar-refractivity contribution in [1.29, 1.82) is 0 Å². The molecule has 0 aromatic rings. The maximum absolute atomic E-state index is 11.1. The van der Waals surface area contributed by atoms with Gasteiger partial charge in [0, 0.05) is 0 Å². The Morgan fingerprint density at radius 2 is 2.55 bits per heavy atom. The summed E-state index contributed by atoms with van der Waals surface area (Å²) in [4.78, 5) is 11.1. The fourth-order valence-electron chi connectivity index (χ4n) is 1.29. The van der Waals surface area contributed by atoms with Gasteiger partial charge in [-0.15, -0.1) is 0 Å². The van der Waals surface area contributed by atoms with Crippen molar-refractivity contribution < 1.29 is 4.79 Å². The van der Waals surface area contributed by atoms with Crippen LogP contribution < -0.4 is 5.43 Å². The minimum absolute atomic E-state index is 0.00231. The van der Waals surface area contributed by atoms with Gasteiger partial charge in [0.2, 0.25) is 5.91 Å². The van der Waals surface area contributed by atoms with Gasteiger partial charge >= 0.3 is 0 Å². The van der Waals surface area contributed by atoms with Crippen LogP contribution in [0.4, 0.5) is 0 Å². The molecule has 1 N–H and O–H groups in total. The molecule has 0 saturated carbocycles. The second-order valence-corrected chi connectivity index (χ2v) is 2.62. The number of nitrogens with zero attached hydrogens (tertiary/aromatic N) is 1. The van der Waals surface area contributed by atoms with Crippen molar-refractivity contribution in [2.24, 2.45) is 11.0 Å². The molecule has 56 valence electrons. The first-order valence-electron chi connectivity index (χ1n) is 3.57. The smallest absolute Gasteiger partial charge is 0.247 e. The zero-order chi connectivity index (χ0) is 7.68. The van der Waals surface area contributed by atoms with Gasteiger partial charge in [0.1, 0.15) is 0 Å². The van der Waals surface area contributed by atoms with Crippen LogP contribution in [0.25, 0.3) is 0 Å². The van der Waals surface area contributed by atoms with Crippen molar-refractivity contribution in [3.63, 3.8) is 0 Å². The summed E-state index contributed by atoms with van der Waals surface area (Å²) >= 11 is 0. The standard InChI is InChI=1S/C8H8N2O/c11-8-7-4-2-1-3-6(7)5-9-10-8/h1-3,5,7H,4H2,(H,10,11). The number of rotatable bonds is 0. The van der Waals surface area contributed by atoms with E-state index in [1.807, 2.05) is 18.2 Å². The number of carbonyl (C=O) groups excluding carboxylic acids is 1. The topological polar surface area (TPSA) is 41.5 Å². The first-order valence-corrected chi connectivity index (χ1v) is 3.57. The van der Waals surface area contributed by atoms with Crippen LogP contribution in [0.5, 0.6) is 0 Å². The Morgan fingerprint density at radius 1 is 1.64 bits per heavy atom. The fourth-order valence-corrected chi connectivity index (χ4v) is 1.29. The van der Waals surface area contributed by atoms with Crippen LogP contribution in [0, 0.1) is 5.92 Å². The molecule has 0 saturated heterocycles. The highest BCUT2D eigenvalue weighted by molar-refractivity contribution is 5.96. The lowest BCUT2D eigenvalue weighted by Crippen LogP contribution is -2.33. The maximum Gasteiger partial charge on any atom is 0.247 e. The molecule has 1 atom stereocenters. The van der Waals surface area contributed by atoms with Gasteiger partial charge in [0.25, 0.3) is 0 Å². The number of allylic oxidation sites excluding steroid dienone is 3. The fraction of sp³-hybridized carbons (Fsp3) is 0.250. The number of hydrogen-bond donors (Lipinski definition) is 1. The third kappa shape index (κ3) is 0.981. The Morgan fingerprint density at radius 3 is 3.36 bits per heavy atom. The average Bonchev–Trinajstić information content (AvgIpc) is 2.06. The molecule has 1 unspecified atom stereocenters. The van der Waals surface area contributed by atoms with Crippen molar-refractivity contribution >= 4 is 12.1 Å². The van der Waals surface area contributed by atoms with Crippen molar-refractivity contribution in [2.45, 2.75) is 6.42 Å². The molecule has 3 nitrogen and oxygen atoms in total. The number of amides is 1. The van der Waals surface area contributed by atoms with Gasteiger partial charge in [0.15, 0.2) is 0 Å². The predicted octanol–water partition coefficient (Wildman–Crippen LogP) is 0.605. The highest BCUT2D eigenvalue weighted by Crippen LogP contribution is 2.20. The number of nitrogens with one attached hydrogen (secondary N) is 1. The van der Waals surface area contributed by atoms with Crippen LogP contribution in [-0.2, 0) is 4.79 Å². The van der Waals surface area contributed by atoms with Crippen LogP contribution in [0.3, 0.4) is 0 Å². The van der Waals surface area contributed by atoms with Crippen LogP contribution in [-0.4, -0.2) is 12.1 Å². The summed E-state index contributed by atoms with van der Waals surface area (Å²) in [5.74, 6) is 0.000556. The SMILES string of the molecule is O=C1NN=CC2=CC=CCC12. The lowest BCUT2D eigenvalue weighted by atomic mass is 9.91. The normalized spacial score (nSPS) is 27.5. The Bertz CT molecular complexity index is 276. The molecule has 1 heterocycles. The molecule has 2 rings (SSSR count). The van der Waals surface area contributed by atoms with E-state index in [1.54, 1.807) is 6.21 Å². The maximum atomic E-state index is 11.1. The van der Waals surface area contributed by atoms with E-state index < -0.39 is 0 Å². The summed E-state index contributed by atoms with van der Waals surface area (Å²) in [6.45, 7) is 0. The number of fused-ring (bicyclic) bond motifs is 1. The van der Waals surface area contributed by atoms with E-state index >= 15 is 0 Å². The lowest BCUT2D eigenvalue weighted by molar-refractivity contribution is -0.123. The highest BCUT2D eigenvalue weighted by Gasteiger charge is 2.24. The molecule has 0 spiro atoms. The molecule has 1 aliphatic carbocycles. The average molecular weight is 148 g/mol. The largest absolute Gasteiger partial charge is 0.272 e. The minimum atomic E-state index is -0.00231. The van der Waals surface area contributed by atoms with Gasteiger partial charge < -0.3 is 0 Å². The molecule has 2 aliphatic rings. The van der Waals surface area contributed by atoms with Gasteiger partial charge in [-0.25, -0.2) is 5.43 Å². The van der Waals surface area contributed by atoms with Gasteiger partial charge in [-0.2, -0.15) is 5.10 Å². The molecule has 1 amide bonds. The zero-order valence-electron chi connectivity index (χ0n) is 5.95. The number of hydrogen-bond acceptors (Lipinski definition) is 2. The van der Waals surface area contributed by atoms with Crippen LogP contribution >= 0.6 is 0 Å². The van der Waals surface area contributed by atoms with Gasteiger partial charge in [-0.05, 0) is 12.0 Å². The Labute approximate surface area is 64.5 Å². The first kappa shape index (κ1) is 6.34. The lowest BCUT2D eigenvalue weighted by Gasteiger charge is -2.19. The third-order valence-corrected chi connectivity index (χ3v) is 1.90. The molecule has 11 heavy (non-hydrogen) atoms. The van der Waals surface area contributed by atoms with E-state index in [0.717, 1.165) is 12.0 Å². The van der Waals surface area contributed by atoms with E-state index in [2.05, 4.69) is 10.5 Å². The first-order chi connectivity index (χ1) is 5.38. The molecule has 0 radical (unpaired) electrons. The number of carbonyl (C=O) groups is 1. The molecule has 0 bridgehead atoms. The second-order valence-electron chi connectivity index (χ2n) is 2.62. The molecule has 0 aromatic heterocycles. The minimum Gasteiger partial charge on any atom is -0.272 e. The van der Waals surface area contributed by atoms with Gasteiger partial charge in [-0.1, -0.05) is 18.2 Å². The third-order valence-electron chi connectivity index (χ3n) is 1.90. The molecule has 0 aromatic carbocycles. The molecular formula is C8H8N2O. The molecule has 3 heteroatoms. The van der Waals surface area contributed by atoms with Crippen molar-refractivity contribution in [2.75, 3.05) is 0 Å². The van der Waals surface area contributed by atoms with Crippen LogP contribution in [0.15, 0.2) is 28.9 Å². The predicted molar refractivity (Wildman–Crippen MR) is 42.0 cm³/mol. The summed E-state index contributed by atoms with van der Waals surface area (Å²) in [6.07, 6.45) is 8.37. The van der Waals surface area contributed by atoms with E-state index in [9.17, 15) is 4.79 Å². The summed E-state index contributed by atoms with van der Waals surface area (Å²) in [7, 11) is 0. The van der Waals surface area contributed by atoms with E-state index in [1.165, 1.54) is 0 Å². The number of hydrazone groups is 1. The zero-order valence-corrected chi connectivity index (χ0v) is 5.95. The van der Waals surface area contributed by atoms with E-state index in [4.69, 9.17) is 0 Å². The highest BCUT2D eigenvalue weighted by atomic mass is 16.2. The summed E-state index contributed by atoms with van der Waals surface area (Å²) < 4.78 is 0. The van der Waals surface area contributed by atoms with E-state index in [-0.39, 0.29) is 11.8 Å². The molecule has 0 fully saturated rings. The molecular weight excluding hydrogens is 140 g/mol. The van der Waals surface area contributed by atoms with Crippen molar-refractivity contribution in [3.8, 4) is 0 Å². The quantitative estimate of drug-likeness (QED) is 0.537. The Kier molecular flexibility index (Phi) is 1.35. The second kappa shape index (κ2) is 2.34. The van der Waals surface area contributed by atoms with Gasteiger partial charge in [0.05, 0.1) is 12.1 Å². The monoisotopic (exact) mass is 148 g/mol. The Balaban J connectivity index is 2.36. The summed E-state index contributed by atoms with van der Waals surface area (Å²) in [5.41, 5.74) is 3.45.